The number of fused-ring (bicyclic) bond motifs is 1. The summed E-state index contributed by atoms with van der Waals surface area (Å²) >= 11 is 3.49. The predicted octanol–water partition coefficient (Wildman–Crippen LogP) is 3.01. The number of benzene rings is 2. The van der Waals surface area contributed by atoms with Crippen molar-refractivity contribution in [3.05, 3.63) is 40.4 Å². The molecule has 22 heavy (non-hydrogen) atoms. The van der Waals surface area contributed by atoms with Crippen molar-refractivity contribution >= 4 is 32.6 Å². The van der Waals surface area contributed by atoms with Crippen LogP contribution >= 0.6 is 15.9 Å². The Balaban J connectivity index is 1.95. The predicted molar refractivity (Wildman–Crippen MR) is 89.3 cm³/mol. The largest absolute Gasteiger partial charge is 0.496 e. The number of hydrogen-bond acceptors (Lipinski definition) is 3. The molecule has 3 rings (SSSR count). The standard InChI is InChI=1S/C17H18BrNO3/c1-21-16-5-2-12-10-13(18)3-4-14(12)15(16)11-17(20)19-6-8-22-9-7-19/h2-5,10H,6-9,11H2,1H3. The molecule has 2 aromatic carbocycles. The third-order valence-corrected chi connectivity index (χ3v) is 4.46. The van der Waals surface area contributed by atoms with E-state index in [0.717, 1.165) is 26.6 Å². The van der Waals surface area contributed by atoms with Gasteiger partial charge >= 0.3 is 0 Å². The minimum Gasteiger partial charge on any atom is -0.496 e. The first-order valence-corrected chi connectivity index (χ1v) is 8.09. The number of carbonyl (C=O) groups excluding carboxylic acids is 1. The van der Waals surface area contributed by atoms with Crippen LogP contribution in [0.4, 0.5) is 0 Å². The van der Waals surface area contributed by atoms with Crippen LogP contribution in [0.1, 0.15) is 5.56 Å². The summed E-state index contributed by atoms with van der Waals surface area (Å²) in [5.41, 5.74) is 0.948. The number of carbonyl (C=O) groups is 1. The summed E-state index contributed by atoms with van der Waals surface area (Å²) in [5, 5.41) is 2.16. The molecule has 0 unspecified atom stereocenters. The molecule has 0 saturated carbocycles. The highest BCUT2D eigenvalue weighted by molar-refractivity contribution is 9.10. The van der Waals surface area contributed by atoms with Gasteiger partial charge < -0.3 is 14.4 Å². The molecule has 1 amide bonds. The molecule has 0 bridgehead atoms. The minimum atomic E-state index is 0.122. The third-order valence-electron chi connectivity index (χ3n) is 3.96. The zero-order valence-corrected chi connectivity index (χ0v) is 14.1. The number of morpholine rings is 1. The summed E-state index contributed by atoms with van der Waals surface area (Å²) in [6.45, 7) is 2.56. The molecule has 5 heteroatoms. The van der Waals surface area contributed by atoms with Gasteiger partial charge in [0.1, 0.15) is 5.75 Å². The summed E-state index contributed by atoms with van der Waals surface area (Å²) < 4.78 is 11.8. The van der Waals surface area contributed by atoms with E-state index in [1.54, 1.807) is 7.11 Å². The molecule has 1 aliphatic heterocycles. The Labute approximate surface area is 138 Å². The van der Waals surface area contributed by atoms with Crippen molar-refractivity contribution < 1.29 is 14.3 Å². The maximum Gasteiger partial charge on any atom is 0.227 e. The molecule has 1 heterocycles. The lowest BCUT2D eigenvalue weighted by atomic mass is 10.0. The fourth-order valence-corrected chi connectivity index (χ4v) is 3.17. The van der Waals surface area contributed by atoms with E-state index in [2.05, 4.69) is 22.0 Å². The van der Waals surface area contributed by atoms with Gasteiger partial charge in [-0.2, -0.15) is 0 Å². The highest BCUT2D eigenvalue weighted by atomic mass is 79.9. The Morgan fingerprint density at radius 2 is 2.05 bits per heavy atom. The SMILES string of the molecule is COc1ccc2cc(Br)ccc2c1CC(=O)N1CCOCC1. The van der Waals surface area contributed by atoms with E-state index in [1.165, 1.54) is 0 Å². The lowest BCUT2D eigenvalue weighted by Gasteiger charge is -2.27. The van der Waals surface area contributed by atoms with Gasteiger partial charge in [-0.1, -0.05) is 28.1 Å². The van der Waals surface area contributed by atoms with Gasteiger partial charge in [0.05, 0.1) is 26.7 Å². The second-order valence-corrected chi connectivity index (χ2v) is 6.20. The first kappa shape index (κ1) is 15.3. The number of hydrogen-bond donors (Lipinski definition) is 0. The molecule has 0 spiro atoms. The number of methoxy groups -OCH3 is 1. The summed E-state index contributed by atoms with van der Waals surface area (Å²) in [5.74, 6) is 0.883. The molecule has 2 aromatic rings. The molecule has 1 aliphatic rings. The van der Waals surface area contributed by atoms with Crippen molar-refractivity contribution in [1.29, 1.82) is 0 Å². The summed E-state index contributed by atoms with van der Waals surface area (Å²) in [7, 11) is 1.64. The van der Waals surface area contributed by atoms with Gasteiger partial charge in [-0.15, -0.1) is 0 Å². The van der Waals surface area contributed by atoms with Crippen molar-refractivity contribution in [2.75, 3.05) is 33.4 Å². The van der Waals surface area contributed by atoms with Gasteiger partial charge in [0.15, 0.2) is 0 Å². The van der Waals surface area contributed by atoms with Crippen molar-refractivity contribution in [2.24, 2.45) is 0 Å². The van der Waals surface area contributed by atoms with E-state index in [0.29, 0.717) is 32.7 Å². The third kappa shape index (κ3) is 3.10. The fourth-order valence-electron chi connectivity index (χ4n) is 2.79. The molecule has 4 nitrogen and oxygen atoms in total. The monoisotopic (exact) mass is 363 g/mol. The van der Waals surface area contributed by atoms with Crippen molar-refractivity contribution in [3.63, 3.8) is 0 Å². The Bertz CT molecular complexity index is 696. The van der Waals surface area contributed by atoms with E-state index in [4.69, 9.17) is 9.47 Å². The van der Waals surface area contributed by atoms with E-state index in [9.17, 15) is 4.79 Å². The molecular weight excluding hydrogens is 346 g/mol. The molecule has 0 aliphatic carbocycles. The Hall–Kier alpha value is -1.59. The topological polar surface area (TPSA) is 38.8 Å². The van der Waals surface area contributed by atoms with Gasteiger partial charge in [-0.25, -0.2) is 0 Å². The first-order chi connectivity index (χ1) is 10.7. The zero-order valence-electron chi connectivity index (χ0n) is 12.5. The highest BCUT2D eigenvalue weighted by Crippen LogP contribution is 2.30. The quantitative estimate of drug-likeness (QED) is 0.841. The minimum absolute atomic E-state index is 0.122. The molecule has 0 N–H and O–H groups in total. The first-order valence-electron chi connectivity index (χ1n) is 7.29. The van der Waals surface area contributed by atoms with E-state index in [1.807, 2.05) is 29.2 Å². The van der Waals surface area contributed by atoms with E-state index < -0.39 is 0 Å². The molecule has 116 valence electrons. The van der Waals surface area contributed by atoms with Crippen LogP contribution in [0.25, 0.3) is 10.8 Å². The van der Waals surface area contributed by atoms with Crippen molar-refractivity contribution in [1.82, 2.24) is 4.90 Å². The average Bonchev–Trinajstić information content (AvgIpc) is 2.55. The molecule has 0 atom stereocenters. The summed E-state index contributed by atoms with van der Waals surface area (Å²) in [6.07, 6.45) is 0.349. The van der Waals surface area contributed by atoms with Crippen molar-refractivity contribution in [3.8, 4) is 5.75 Å². The molecule has 0 aromatic heterocycles. The summed E-state index contributed by atoms with van der Waals surface area (Å²) in [6, 6.07) is 10.0. The fraction of sp³-hybridized carbons (Fsp3) is 0.353. The lowest BCUT2D eigenvalue weighted by Crippen LogP contribution is -2.41. The van der Waals surface area contributed by atoms with Crippen LogP contribution in [-0.2, 0) is 16.0 Å². The normalized spacial score (nSPS) is 15.1. The Morgan fingerprint density at radius 3 is 2.77 bits per heavy atom. The van der Waals surface area contributed by atoms with Gasteiger partial charge in [0.25, 0.3) is 0 Å². The van der Waals surface area contributed by atoms with Crippen LogP contribution in [-0.4, -0.2) is 44.2 Å². The number of amides is 1. The zero-order chi connectivity index (χ0) is 15.5. The van der Waals surface area contributed by atoms with Crippen LogP contribution in [0.3, 0.4) is 0 Å². The number of ether oxygens (including phenoxy) is 2. The maximum atomic E-state index is 12.6. The number of rotatable bonds is 3. The van der Waals surface area contributed by atoms with Crippen molar-refractivity contribution in [2.45, 2.75) is 6.42 Å². The van der Waals surface area contributed by atoms with Crippen LogP contribution in [0.15, 0.2) is 34.8 Å². The summed E-state index contributed by atoms with van der Waals surface area (Å²) in [4.78, 5) is 14.4. The van der Waals surface area contributed by atoms with Crippen LogP contribution in [0.5, 0.6) is 5.75 Å². The van der Waals surface area contributed by atoms with Crippen LogP contribution in [0, 0.1) is 0 Å². The number of nitrogens with zero attached hydrogens (tertiary/aromatic N) is 1. The van der Waals surface area contributed by atoms with Gasteiger partial charge in [0, 0.05) is 23.1 Å². The Morgan fingerprint density at radius 1 is 1.27 bits per heavy atom. The van der Waals surface area contributed by atoms with Gasteiger partial charge in [0.2, 0.25) is 5.91 Å². The average molecular weight is 364 g/mol. The van der Waals surface area contributed by atoms with E-state index in [-0.39, 0.29) is 5.91 Å². The molecule has 0 radical (unpaired) electrons. The molecule has 1 fully saturated rings. The second-order valence-electron chi connectivity index (χ2n) is 5.28. The lowest BCUT2D eigenvalue weighted by molar-refractivity contribution is -0.134. The smallest absolute Gasteiger partial charge is 0.227 e. The Kier molecular flexibility index (Phi) is 4.64. The van der Waals surface area contributed by atoms with Crippen LogP contribution in [0.2, 0.25) is 0 Å². The second kappa shape index (κ2) is 6.67. The number of halogens is 1. The van der Waals surface area contributed by atoms with Crippen LogP contribution < -0.4 is 4.74 Å². The van der Waals surface area contributed by atoms with Gasteiger partial charge in [-0.05, 0) is 29.0 Å². The van der Waals surface area contributed by atoms with Gasteiger partial charge in [-0.3, -0.25) is 4.79 Å². The maximum absolute atomic E-state index is 12.6. The molecule has 1 saturated heterocycles. The highest BCUT2D eigenvalue weighted by Gasteiger charge is 2.20. The molecular formula is C17H18BrNO3. The van der Waals surface area contributed by atoms with E-state index >= 15 is 0 Å².